The highest BCUT2D eigenvalue weighted by molar-refractivity contribution is 9.10. The van der Waals surface area contributed by atoms with E-state index in [1.165, 1.54) is 11.8 Å². The van der Waals surface area contributed by atoms with Gasteiger partial charge in [-0.3, -0.25) is 9.20 Å². The van der Waals surface area contributed by atoms with Crippen molar-refractivity contribution in [3.05, 3.63) is 64.6 Å². The number of carbonyl (C=O) groups excluding carboxylic acids is 1. The van der Waals surface area contributed by atoms with Crippen LogP contribution in [0, 0.1) is 6.92 Å². The highest BCUT2D eigenvalue weighted by atomic mass is 79.9. The van der Waals surface area contributed by atoms with Gasteiger partial charge in [0.25, 0.3) is 0 Å². The van der Waals surface area contributed by atoms with E-state index in [1.807, 2.05) is 53.8 Å². The first kappa shape index (κ1) is 17.1. The molecule has 5 nitrogen and oxygen atoms in total. The minimum atomic E-state index is -0.0874. The molecule has 0 aliphatic rings. The summed E-state index contributed by atoms with van der Waals surface area (Å²) in [5.41, 5.74) is 3.66. The molecule has 4 aromatic rings. The van der Waals surface area contributed by atoms with E-state index in [-0.39, 0.29) is 11.7 Å². The summed E-state index contributed by atoms with van der Waals surface area (Å²) in [7, 11) is 0. The molecule has 0 spiro atoms. The number of nitrogens with one attached hydrogen (secondary N) is 1. The number of benzene rings is 2. The van der Waals surface area contributed by atoms with Crippen LogP contribution in [0.15, 0.2) is 64.2 Å². The maximum absolute atomic E-state index is 12.3. The van der Waals surface area contributed by atoms with Crippen molar-refractivity contribution in [2.45, 2.75) is 12.1 Å². The van der Waals surface area contributed by atoms with Gasteiger partial charge >= 0.3 is 0 Å². The van der Waals surface area contributed by atoms with E-state index in [1.54, 1.807) is 0 Å². The largest absolute Gasteiger partial charge is 0.324 e. The Morgan fingerprint density at radius 1 is 1.15 bits per heavy atom. The number of hydrogen-bond donors (Lipinski definition) is 1. The molecule has 2 heterocycles. The molecule has 0 radical (unpaired) electrons. The van der Waals surface area contributed by atoms with E-state index < -0.39 is 0 Å². The molecule has 7 heteroatoms. The van der Waals surface area contributed by atoms with Crippen LogP contribution in [0.3, 0.4) is 0 Å². The average molecular weight is 427 g/mol. The lowest BCUT2D eigenvalue weighted by molar-refractivity contribution is -0.113. The van der Waals surface area contributed by atoms with Gasteiger partial charge in [0.05, 0.1) is 17.0 Å². The zero-order valence-corrected chi connectivity index (χ0v) is 16.3. The van der Waals surface area contributed by atoms with Crippen molar-refractivity contribution in [3.63, 3.8) is 0 Å². The lowest BCUT2D eigenvalue weighted by Gasteiger charge is -2.08. The first-order chi connectivity index (χ1) is 12.6. The number of amides is 1. The Labute approximate surface area is 162 Å². The molecule has 0 atom stereocenters. The van der Waals surface area contributed by atoms with Crippen LogP contribution in [-0.4, -0.2) is 26.3 Å². The minimum Gasteiger partial charge on any atom is -0.324 e. The molecule has 130 valence electrons. The lowest BCUT2D eigenvalue weighted by atomic mass is 10.1. The van der Waals surface area contributed by atoms with E-state index in [4.69, 9.17) is 0 Å². The van der Waals surface area contributed by atoms with Crippen LogP contribution < -0.4 is 5.32 Å². The van der Waals surface area contributed by atoms with Crippen LogP contribution in [0.25, 0.3) is 16.6 Å². The Hall–Kier alpha value is -2.38. The second kappa shape index (κ2) is 7.09. The summed E-state index contributed by atoms with van der Waals surface area (Å²) in [5.74, 6) is 0.167. The SMILES string of the molecule is Cc1cc2ccccc2n2c(SCC(=O)Nc3ccccc3Br)nnc12. The monoisotopic (exact) mass is 426 g/mol. The number of carbonyl (C=O) groups is 1. The Bertz CT molecular complexity index is 1130. The van der Waals surface area contributed by atoms with Gasteiger partial charge in [-0.05, 0) is 58.1 Å². The van der Waals surface area contributed by atoms with Gasteiger partial charge in [0, 0.05) is 4.47 Å². The number of anilines is 1. The first-order valence-electron chi connectivity index (χ1n) is 8.04. The fourth-order valence-electron chi connectivity index (χ4n) is 2.83. The summed E-state index contributed by atoms with van der Waals surface area (Å²) in [5, 5.41) is 13.3. The van der Waals surface area contributed by atoms with Crippen LogP contribution in [0.4, 0.5) is 5.69 Å². The zero-order valence-electron chi connectivity index (χ0n) is 13.9. The summed E-state index contributed by atoms with van der Waals surface area (Å²) < 4.78 is 2.87. The van der Waals surface area contributed by atoms with Crippen LogP contribution in [0.5, 0.6) is 0 Å². The van der Waals surface area contributed by atoms with Crippen LogP contribution >= 0.6 is 27.7 Å². The molecule has 26 heavy (non-hydrogen) atoms. The van der Waals surface area contributed by atoms with Gasteiger partial charge in [-0.25, -0.2) is 0 Å². The highest BCUT2D eigenvalue weighted by Gasteiger charge is 2.14. The number of aryl methyl sites for hydroxylation is 1. The maximum Gasteiger partial charge on any atom is 0.234 e. The van der Waals surface area contributed by atoms with Gasteiger partial charge in [0.1, 0.15) is 0 Å². The number of rotatable bonds is 4. The van der Waals surface area contributed by atoms with E-state index in [2.05, 4.69) is 43.6 Å². The van der Waals surface area contributed by atoms with E-state index in [0.717, 1.165) is 32.3 Å². The number of pyridine rings is 1. The number of aromatic nitrogens is 3. The van der Waals surface area contributed by atoms with E-state index in [9.17, 15) is 4.79 Å². The standard InChI is InChI=1S/C19H15BrN4OS/c1-12-10-13-6-2-5-9-16(13)24-18(12)22-23-19(24)26-11-17(25)21-15-8-4-3-7-14(15)20/h2-10H,11H2,1H3,(H,21,25). The molecule has 1 amide bonds. The third kappa shape index (κ3) is 3.20. The Balaban J connectivity index is 1.60. The predicted octanol–water partition coefficient (Wildman–Crippen LogP) is 4.68. The molecule has 0 saturated heterocycles. The average Bonchev–Trinajstić information content (AvgIpc) is 3.07. The lowest BCUT2D eigenvalue weighted by Crippen LogP contribution is -2.14. The molecule has 2 aromatic heterocycles. The summed E-state index contributed by atoms with van der Waals surface area (Å²) in [4.78, 5) is 12.3. The highest BCUT2D eigenvalue weighted by Crippen LogP contribution is 2.26. The summed E-state index contributed by atoms with van der Waals surface area (Å²) in [6.45, 7) is 2.02. The number of nitrogens with zero attached hydrogens (tertiary/aromatic N) is 3. The van der Waals surface area contributed by atoms with Gasteiger partial charge in [-0.1, -0.05) is 42.1 Å². The summed E-state index contributed by atoms with van der Waals surface area (Å²) in [6.07, 6.45) is 0. The molecule has 0 fully saturated rings. The van der Waals surface area contributed by atoms with E-state index in [0.29, 0.717) is 5.16 Å². The molecule has 0 saturated carbocycles. The molecule has 0 unspecified atom stereocenters. The van der Waals surface area contributed by atoms with Gasteiger partial charge < -0.3 is 5.32 Å². The van der Waals surface area contributed by atoms with Crippen molar-refractivity contribution in [2.75, 3.05) is 11.1 Å². The van der Waals surface area contributed by atoms with Crippen molar-refractivity contribution in [2.24, 2.45) is 0 Å². The molecule has 0 aliphatic carbocycles. The van der Waals surface area contributed by atoms with Crippen molar-refractivity contribution in [3.8, 4) is 0 Å². The van der Waals surface area contributed by atoms with Crippen LogP contribution in [0.2, 0.25) is 0 Å². The molecule has 0 bridgehead atoms. The van der Waals surface area contributed by atoms with Crippen LogP contribution in [0.1, 0.15) is 5.56 Å². The fourth-order valence-corrected chi connectivity index (χ4v) is 3.95. The van der Waals surface area contributed by atoms with Gasteiger partial charge in [0.15, 0.2) is 10.8 Å². The van der Waals surface area contributed by atoms with Crippen LogP contribution in [-0.2, 0) is 4.79 Å². The molecular formula is C19H15BrN4OS. The first-order valence-corrected chi connectivity index (χ1v) is 9.82. The van der Waals surface area contributed by atoms with Gasteiger partial charge in [-0.2, -0.15) is 0 Å². The summed E-state index contributed by atoms with van der Waals surface area (Å²) in [6, 6.07) is 17.7. The second-order valence-electron chi connectivity index (χ2n) is 5.84. The third-order valence-electron chi connectivity index (χ3n) is 4.02. The predicted molar refractivity (Wildman–Crippen MR) is 109 cm³/mol. The normalized spacial score (nSPS) is 11.2. The molecule has 4 rings (SSSR count). The number of hydrogen-bond acceptors (Lipinski definition) is 4. The van der Waals surface area contributed by atoms with E-state index >= 15 is 0 Å². The molecule has 1 N–H and O–H groups in total. The van der Waals surface area contributed by atoms with Crippen molar-refractivity contribution in [1.29, 1.82) is 0 Å². The minimum absolute atomic E-state index is 0.0874. The second-order valence-corrected chi connectivity index (χ2v) is 7.64. The number of fused-ring (bicyclic) bond motifs is 3. The topological polar surface area (TPSA) is 59.3 Å². The number of thioether (sulfide) groups is 1. The number of halogens is 1. The Morgan fingerprint density at radius 2 is 1.92 bits per heavy atom. The summed E-state index contributed by atoms with van der Waals surface area (Å²) >= 11 is 4.81. The third-order valence-corrected chi connectivity index (χ3v) is 5.64. The molecule has 2 aromatic carbocycles. The van der Waals surface area contributed by atoms with Gasteiger partial charge in [-0.15, -0.1) is 10.2 Å². The number of para-hydroxylation sites is 2. The zero-order chi connectivity index (χ0) is 18.1. The quantitative estimate of drug-likeness (QED) is 0.481. The Morgan fingerprint density at radius 3 is 2.77 bits per heavy atom. The maximum atomic E-state index is 12.3. The smallest absolute Gasteiger partial charge is 0.234 e. The van der Waals surface area contributed by atoms with Crippen molar-refractivity contribution < 1.29 is 4.79 Å². The fraction of sp³-hybridized carbons (Fsp3) is 0.105. The van der Waals surface area contributed by atoms with Gasteiger partial charge in [0.2, 0.25) is 5.91 Å². The molecular weight excluding hydrogens is 412 g/mol. The van der Waals surface area contributed by atoms with Crippen molar-refractivity contribution in [1.82, 2.24) is 14.6 Å². The molecule has 0 aliphatic heterocycles. The van der Waals surface area contributed by atoms with Crippen molar-refractivity contribution >= 4 is 55.8 Å². The Kier molecular flexibility index (Phi) is 4.65.